The lowest BCUT2D eigenvalue weighted by Crippen LogP contribution is -1.88. The van der Waals surface area contributed by atoms with Gasteiger partial charge in [0.15, 0.2) is 0 Å². The van der Waals surface area contributed by atoms with Crippen LogP contribution in [0.2, 0.25) is 0 Å². The summed E-state index contributed by atoms with van der Waals surface area (Å²) in [4.78, 5) is 9.72. The predicted octanol–water partition coefficient (Wildman–Crippen LogP) is 1.46. The van der Waals surface area contributed by atoms with E-state index in [2.05, 4.69) is 5.16 Å². The van der Waals surface area contributed by atoms with Crippen LogP contribution in [0.25, 0.3) is 0 Å². The van der Waals surface area contributed by atoms with E-state index >= 15 is 0 Å². The maximum Gasteiger partial charge on any atom is 0.332 e. The molecule has 0 unspecified atom stereocenters. The summed E-state index contributed by atoms with van der Waals surface area (Å²) in [5.74, 6) is 0. The second-order valence-electron chi connectivity index (χ2n) is 1.68. The van der Waals surface area contributed by atoms with Gasteiger partial charge in [0.05, 0.1) is 16.7 Å². The molecule has 0 aromatic carbocycles. The maximum absolute atomic E-state index is 10.2. The first kappa shape index (κ1) is 7.67. The molecule has 1 rings (SSSR count). The zero-order chi connectivity index (χ0) is 8.27. The van der Waals surface area contributed by atoms with Crippen molar-refractivity contribution in [2.45, 2.75) is 0 Å². The highest BCUT2D eigenvalue weighted by Gasteiger charge is 2.12. The lowest BCUT2D eigenvalue weighted by molar-refractivity contribution is -0.380. The number of hydrogen-bond donors (Lipinski definition) is 1. The van der Waals surface area contributed by atoms with E-state index in [1.165, 1.54) is 6.07 Å². The van der Waals surface area contributed by atoms with Gasteiger partial charge in [-0.2, -0.15) is 0 Å². The summed E-state index contributed by atoms with van der Waals surface area (Å²) in [6.45, 7) is 0. The molecule has 11 heavy (non-hydrogen) atoms. The molecule has 0 aliphatic carbocycles. The molecule has 1 aromatic heterocycles. The minimum atomic E-state index is -0.512. The van der Waals surface area contributed by atoms with Gasteiger partial charge in [0, 0.05) is 0 Å². The standard InChI is InChI=1S/C5H4N2O3S/c8-6-3-4-1-2-11-5(4)7(9)10/h1-3,8H. The van der Waals surface area contributed by atoms with Gasteiger partial charge in [0.1, 0.15) is 0 Å². The molecule has 0 saturated carbocycles. The molecule has 0 atom stereocenters. The zero-order valence-corrected chi connectivity index (χ0v) is 6.11. The van der Waals surface area contributed by atoms with Gasteiger partial charge >= 0.3 is 5.00 Å². The minimum Gasteiger partial charge on any atom is -0.411 e. The summed E-state index contributed by atoms with van der Waals surface area (Å²) in [5.41, 5.74) is 0.322. The molecule has 0 amide bonds. The van der Waals surface area contributed by atoms with Crippen LogP contribution in [0.4, 0.5) is 5.00 Å². The fourth-order valence-electron chi connectivity index (χ4n) is 0.620. The van der Waals surface area contributed by atoms with Crippen molar-refractivity contribution in [3.05, 3.63) is 27.1 Å². The van der Waals surface area contributed by atoms with Gasteiger partial charge in [-0.25, -0.2) is 0 Å². The van der Waals surface area contributed by atoms with Crippen LogP contribution in [0.15, 0.2) is 16.6 Å². The van der Waals surface area contributed by atoms with Crippen molar-refractivity contribution in [2.75, 3.05) is 0 Å². The summed E-state index contributed by atoms with van der Waals surface area (Å²) < 4.78 is 0. The first-order valence-corrected chi connectivity index (χ1v) is 3.53. The molecule has 0 fully saturated rings. The SMILES string of the molecule is O=[N+]([O-])c1sccc1C=NO. The molecule has 5 nitrogen and oxygen atoms in total. The zero-order valence-electron chi connectivity index (χ0n) is 5.30. The van der Waals surface area contributed by atoms with Crippen molar-refractivity contribution in [3.8, 4) is 0 Å². The molecular formula is C5H4N2O3S. The number of oxime groups is 1. The van der Waals surface area contributed by atoms with E-state index < -0.39 is 4.92 Å². The number of rotatable bonds is 2. The second-order valence-corrected chi connectivity index (χ2v) is 2.58. The smallest absolute Gasteiger partial charge is 0.332 e. The number of nitrogens with zero attached hydrogens (tertiary/aromatic N) is 2. The van der Waals surface area contributed by atoms with Crippen LogP contribution < -0.4 is 0 Å². The summed E-state index contributed by atoms with van der Waals surface area (Å²) in [5, 5.41) is 22.6. The predicted molar refractivity (Wildman–Crippen MR) is 40.4 cm³/mol. The third kappa shape index (κ3) is 1.53. The Hall–Kier alpha value is -1.43. The summed E-state index contributed by atoms with van der Waals surface area (Å²) in [6.07, 6.45) is 1.04. The topological polar surface area (TPSA) is 75.7 Å². The van der Waals surface area contributed by atoms with E-state index in [0.29, 0.717) is 5.56 Å². The molecule has 0 saturated heterocycles. The van der Waals surface area contributed by atoms with Crippen molar-refractivity contribution in [1.29, 1.82) is 0 Å². The van der Waals surface area contributed by atoms with Crippen molar-refractivity contribution >= 4 is 22.6 Å². The number of thiophene rings is 1. The van der Waals surface area contributed by atoms with E-state index in [1.807, 2.05) is 0 Å². The number of hydrogen-bond acceptors (Lipinski definition) is 5. The van der Waals surface area contributed by atoms with Gasteiger partial charge in [-0.05, 0) is 11.4 Å². The van der Waals surface area contributed by atoms with E-state index in [0.717, 1.165) is 17.6 Å². The molecule has 0 spiro atoms. The monoisotopic (exact) mass is 172 g/mol. The van der Waals surface area contributed by atoms with E-state index in [9.17, 15) is 10.1 Å². The molecular weight excluding hydrogens is 168 g/mol. The van der Waals surface area contributed by atoms with Crippen molar-refractivity contribution in [3.63, 3.8) is 0 Å². The first-order chi connectivity index (χ1) is 5.25. The van der Waals surface area contributed by atoms with Crippen LogP contribution in [0, 0.1) is 10.1 Å². The van der Waals surface area contributed by atoms with Crippen LogP contribution in [0.1, 0.15) is 5.56 Å². The Labute approximate surface area is 65.7 Å². The molecule has 0 aliphatic heterocycles. The Kier molecular flexibility index (Phi) is 2.17. The van der Waals surface area contributed by atoms with E-state index in [1.54, 1.807) is 5.38 Å². The van der Waals surface area contributed by atoms with Gasteiger partial charge in [-0.15, -0.1) is 0 Å². The fourth-order valence-corrected chi connectivity index (χ4v) is 1.31. The summed E-state index contributed by atoms with van der Waals surface area (Å²) in [7, 11) is 0. The van der Waals surface area contributed by atoms with Gasteiger partial charge in [0.2, 0.25) is 0 Å². The van der Waals surface area contributed by atoms with Crippen molar-refractivity contribution in [1.82, 2.24) is 0 Å². The van der Waals surface area contributed by atoms with Crippen molar-refractivity contribution in [2.24, 2.45) is 5.16 Å². The summed E-state index contributed by atoms with van der Waals surface area (Å²) in [6, 6.07) is 1.52. The van der Waals surface area contributed by atoms with Gasteiger partial charge in [-0.1, -0.05) is 16.5 Å². The maximum atomic E-state index is 10.2. The van der Waals surface area contributed by atoms with Crippen LogP contribution in [0.5, 0.6) is 0 Å². The molecule has 1 heterocycles. The Morgan fingerprint density at radius 2 is 2.55 bits per heavy atom. The molecule has 0 aliphatic rings. The lowest BCUT2D eigenvalue weighted by Gasteiger charge is -1.84. The Morgan fingerprint density at radius 3 is 3.09 bits per heavy atom. The quantitative estimate of drug-likeness (QED) is 0.317. The van der Waals surface area contributed by atoms with E-state index in [-0.39, 0.29) is 5.00 Å². The molecule has 58 valence electrons. The van der Waals surface area contributed by atoms with Crippen molar-refractivity contribution < 1.29 is 10.1 Å². The van der Waals surface area contributed by atoms with Gasteiger partial charge in [-0.3, -0.25) is 10.1 Å². The van der Waals surface area contributed by atoms with Crippen LogP contribution in [0.3, 0.4) is 0 Å². The largest absolute Gasteiger partial charge is 0.411 e. The molecule has 6 heteroatoms. The van der Waals surface area contributed by atoms with Crippen LogP contribution >= 0.6 is 11.3 Å². The first-order valence-electron chi connectivity index (χ1n) is 2.65. The van der Waals surface area contributed by atoms with Gasteiger partial charge in [0.25, 0.3) is 0 Å². The Morgan fingerprint density at radius 1 is 1.82 bits per heavy atom. The number of nitro groups is 1. The third-order valence-electron chi connectivity index (χ3n) is 1.04. The molecule has 0 bridgehead atoms. The average Bonchev–Trinajstić information content (AvgIpc) is 2.36. The third-order valence-corrected chi connectivity index (χ3v) is 1.92. The van der Waals surface area contributed by atoms with Crippen LogP contribution in [-0.2, 0) is 0 Å². The normalized spacial score (nSPS) is 10.5. The highest BCUT2D eigenvalue weighted by Crippen LogP contribution is 2.23. The minimum absolute atomic E-state index is 0.0113. The second kappa shape index (κ2) is 3.11. The summed E-state index contributed by atoms with van der Waals surface area (Å²) >= 11 is 0.996. The fraction of sp³-hybridized carbons (Fsp3) is 0. The van der Waals surface area contributed by atoms with Crippen LogP contribution in [-0.4, -0.2) is 16.3 Å². The molecule has 0 radical (unpaired) electrons. The lowest BCUT2D eigenvalue weighted by atomic mass is 10.3. The highest BCUT2D eigenvalue weighted by molar-refractivity contribution is 7.13. The Balaban J connectivity index is 3.05. The molecule has 1 aromatic rings. The highest BCUT2D eigenvalue weighted by atomic mass is 32.1. The molecule has 1 N–H and O–H groups in total. The Bertz CT molecular complexity index is 294. The average molecular weight is 172 g/mol. The van der Waals surface area contributed by atoms with Gasteiger partial charge < -0.3 is 5.21 Å². The van der Waals surface area contributed by atoms with E-state index in [4.69, 9.17) is 5.21 Å².